The predicted octanol–water partition coefficient (Wildman–Crippen LogP) is 3.46. The second-order valence-corrected chi connectivity index (χ2v) is 7.70. The number of hydrogen-bond acceptors (Lipinski definition) is 4. The standard InChI is InChI=1S/C20H25N3O2/c1-20(19-21-18(22-25-19)16-9-10-16)12-5-13-23(14-20)17(24)11-8-15-6-3-2-4-7-15/h2-4,6-7,16H,5,8-14H2,1H3/t20-/m1/s1. The number of aryl methyl sites for hydroxylation is 1. The Kier molecular flexibility index (Phi) is 4.32. The molecule has 132 valence electrons. The molecule has 1 aliphatic carbocycles. The lowest BCUT2D eigenvalue weighted by Crippen LogP contribution is -2.47. The summed E-state index contributed by atoms with van der Waals surface area (Å²) in [7, 11) is 0. The van der Waals surface area contributed by atoms with Crippen LogP contribution >= 0.6 is 0 Å². The van der Waals surface area contributed by atoms with Crippen LogP contribution in [0, 0.1) is 0 Å². The first-order valence-electron chi connectivity index (χ1n) is 9.30. The maximum atomic E-state index is 12.7. The molecule has 1 atom stereocenters. The zero-order valence-electron chi connectivity index (χ0n) is 14.8. The molecule has 4 rings (SSSR count). The fourth-order valence-electron chi connectivity index (χ4n) is 3.67. The second kappa shape index (κ2) is 6.62. The summed E-state index contributed by atoms with van der Waals surface area (Å²) in [5.41, 5.74) is 0.988. The van der Waals surface area contributed by atoms with Crippen LogP contribution in [-0.4, -0.2) is 34.0 Å². The molecule has 1 amide bonds. The summed E-state index contributed by atoms with van der Waals surface area (Å²) in [4.78, 5) is 19.3. The maximum absolute atomic E-state index is 12.7. The molecule has 1 aliphatic heterocycles. The van der Waals surface area contributed by atoms with E-state index in [-0.39, 0.29) is 11.3 Å². The lowest BCUT2D eigenvalue weighted by molar-refractivity contribution is -0.133. The van der Waals surface area contributed by atoms with E-state index in [4.69, 9.17) is 4.52 Å². The van der Waals surface area contributed by atoms with Crippen molar-refractivity contribution in [3.8, 4) is 0 Å². The minimum Gasteiger partial charge on any atom is -0.342 e. The van der Waals surface area contributed by atoms with Gasteiger partial charge in [-0.1, -0.05) is 35.5 Å². The van der Waals surface area contributed by atoms with Gasteiger partial charge < -0.3 is 9.42 Å². The molecule has 1 aromatic heterocycles. The number of piperidine rings is 1. The van der Waals surface area contributed by atoms with E-state index in [2.05, 4.69) is 29.2 Å². The highest BCUT2D eigenvalue weighted by molar-refractivity contribution is 5.76. The molecule has 1 saturated heterocycles. The Labute approximate surface area is 148 Å². The van der Waals surface area contributed by atoms with Gasteiger partial charge in [-0.25, -0.2) is 0 Å². The second-order valence-electron chi connectivity index (χ2n) is 7.70. The Balaban J connectivity index is 1.39. The lowest BCUT2D eigenvalue weighted by Gasteiger charge is -2.38. The smallest absolute Gasteiger partial charge is 0.234 e. The molecule has 5 heteroatoms. The number of hydrogen-bond donors (Lipinski definition) is 0. The van der Waals surface area contributed by atoms with Gasteiger partial charge in [0.15, 0.2) is 5.82 Å². The molecule has 25 heavy (non-hydrogen) atoms. The van der Waals surface area contributed by atoms with Crippen molar-refractivity contribution in [3.05, 3.63) is 47.6 Å². The largest absolute Gasteiger partial charge is 0.342 e. The Bertz CT molecular complexity index is 738. The van der Waals surface area contributed by atoms with E-state index in [9.17, 15) is 4.79 Å². The number of amides is 1. The van der Waals surface area contributed by atoms with Gasteiger partial charge in [-0.05, 0) is 44.6 Å². The van der Waals surface area contributed by atoms with E-state index in [1.165, 1.54) is 18.4 Å². The third-order valence-electron chi connectivity index (χ3n) is 5.42. The first-order valence-corrected chi connectivity index (χ1v) is 9.30. The van der Waals surface area contributed by atoms with Crippen LogP contribution in [0.1, 0.15) is 62.2 Å². The van der Waals surface area contributed by atoms with E-state index in [1.54, 1.807) is 0 Å². The zero-order valence-corrected chi connectivity index (χ0v) is 14.8. The summed E-state index contributed by atoms with van der Waals surface area (Å²) in [6.45, 7) is 3.65. The first kappa shape index (κ1) is 16.3. The topological polar surface area (TPSA) is 59.2 Å². The van der Waals surface area contributed by atoms with Gasteiger partial charge in [-0.3, -0.25) is 4.79 Å². The number of carbonyl (C=O) groups excluding carboxylic acids is 1. The Morgan fingerprint density at radius 2 is 2.12 bits per heavy atom. The lowest BCUT2D eigenvalue weighted by atomic mass is 9.81. The van der Waals surface area contributed by atoms with E-state index in [0.717, 1.165) is 31.6 Å². The number of benzene rings is 1. The highest BCUT2D eigenvalue weighted by Gasteiger charge is 2.40. The van der Waals surface area contributed by atoms with Crippen molar-refractivity contribution in [3.63, 3.8) is 0 Å². The normalized spacial score (nSPS) is 23.6. The quantitative estimate of drug-likeness (QED) is 0.837. The summed E-state index contributed by atoms with van der Waals surface area (Å²) < 4.78 is 5.57. The number of rotatable bonds is 5. The van der Waals surface area contributed by atoms with Gasteiger partial charge in [-0.15, -0.1) is 0 Å². The molecule has 1 saturated carbocycles. The molecule has 5 nitrogen and oxygen atoms in total. The summed E-state index contributed by atoms with van der Waals surface area (Å²) in [6.07, 6.45) is 5.65. The van der Waals surface area contributed by atoms with Crippen molar-refractivity contribution in [2.45, 2.75) is 56.8 Å². The number of likely N-dealkylation sites (tertiary alicyclic amines) is 1. The van der Waals surface area contributed by atoms with Crippen molar-refractivity contribution < 1.29 is 9.32 Å². The summed E-state index contributed by atoms with van der Waals surface area (Å²) in [5.74, 6) is 2.27. The molecule has 2 aromatic rings. The van der Waals surface area contributed by atoms with Crippen LogP contribution in [0.15, 0.2) is 34.9 Å². The van der Waals surface area contributed by atoms with Crippen LogP contribution < -0.4 is 0 Å². The molecule has 2 aliphatic rings. The summed E-state index contributed by atoms with van der Waals surface area (Å²) >= 11 is 0. The zero-order chi connectivity index (χ0) is 17.3. The molecule has 1 aromatic carbocycles. The Morgan fingerprint density at radius 1 is 1.32 bits per heavy atom. The number of carbonyl (C=O) groups is 1. The average Bonchev–Trinajstić information content (AvgIpc) is 3.36. The van der Waals surface area contributed by atoms with E-state index < -0.39 is 0 Å². The van der Waals surface area contributed by atoms with Crippen LogP contribution in [0.4, 0.5) is 0 Å². The van der Waals surface area contributed by atoms with E-state index in [0.29, 0.717) is 24.8 Å². The Morgan fingerprint density at radius 3 is 2.88 bits per heavy atom. The third-order valence-corrected chi connectivity index (χ3v) is 5.42. The SMILES string of the molecule is C[C@@]1(c2nc(C3CC3)no2)CCCN(C(=O)CCc2ccccc2)C1. The molecule has 0 N–H and O–H groups in total. The van der Waals surface area contributed by atoms with Crippen molar-refractivity contribution in [1.29, 1.82) is 0 Å². The minimum absolute atomic E-state index is 0.219. The summed E-state index contributed by atoms with van der Waals surface area (Å²) in [6, 6.07) is 10.2. The molecular formula is C20H25N3O2. The van der Waals surface area contributed by atoms with Crippen molar-refractivity contribution in [2.24, 2.45) is 0 Å². The minimum atomic E-state index is -0.221. The highest BCUT2D eigenvalue weighted by atomic mass is 16.5. The Hall–Kier alpha value is -2.17. The van der Waals surface area contributed by atoms with Gasteiger partial charge in [-0.2, -0.15) is 4.98 Å². The fraction of sp³-hybridized carbons (Fsp3) is 0.550. The molecule has 0 unspecified atom stereocenters. The average molecular weight is 339 g/mol. The van der Waals surface area contributed by atoms with Gasteiger partial charge in [0, 0.05) is 25.4 Å². The van der Waals surface area contributed by atoms with Crippen LogP contribution in [0.25, 0.3) is 0 Å². The first-order chi connectivity index (χ1) is 12.1. The predicted molar refractivity (Wildman–Crippen MR) is 94.2 cm³/mol. The number of nitrogens with zero attached hydrogens (tertiary/aromatic N) is 3. The number of aromatic nitrogens is 2. The van der Waals surface area contributed by atoms with Gasteiger partial charge >= 0.3 is 0 Å². The van der Waals surface area contributed by atoms with Crippen molar-refractivity contribution in [2.75, 3.05) is 13.1 Å². The molecule has 0 spiro atoms. The van der Waals surface area contributed by atoms with Gasteiger partial charge in [0.05, 0.1) is 5.41 Å². The van der Waals surface area contributed by atoms with Crippen LogP contribution in [0.5, 0.6) is 0 Å². The maximum Gasteiger partial charge on any atom is 0.234 e. The molecule has 2 fully saturated rings. The van der Waals surface area contributed by atoms with Gasteiger partial charge in [0.2, 0.25) is 11.8 Å². The molecular weight excluding hydrogens is 314 g/mol. The molecule has 0 radical (unpaired) electrons. The van der Waals surface area contributed by atoms with Gasteiger partial charge in [0.25, 0.3) is 0 Å². The fourth-order valence-corrected chi connectivity index (χ4v) is 3.67. The van der Waals surface area contributed by atoms with Gasteiger partial charge in [0.1, 0.15) is 0 Å². The molecule has 2 heterocycles. The van der Waals surface area contributed by atoms with E-state index in [1.807, 2.05) is 23.1 Å². The highest BCUT2D eigenvalue weighted by Crippen LogP contribution is 2.40. The monoisotopic (exact) mass is 339 g/mol. The molecule has 0 bridgehead atoms. The van der Waals surface area contributed by atoms with Crippen molar-refractivity contribution >= 4 is 5.91 Å². The third kappa shape index (κ3) is 3.60. The van der Waals surface area contributed by atoms with Crippen LogP contribution in [-0.2, 0) is 16.6 Å². The summed E-state index contributed by atoms with van der Waals surface area (Å²) in [5, 5.41) is 4.15. The van der Waals surface area contributed by atoms with Crippen molar-refractivity contribution in [1.82, 2.24) is 15.0 Å². The van der Waals surface area contributed by atoms with E-state index >= 15 is 0 Å². The van der Waals surface area contributed by atoms with Crippen LogP contribution in [0.2, 0.25) is 0 Å². The van der Waals surface area contributed by atoms with Crippen LogP contribution in [0.3, 0.4) is 0 Å².